The van der Waals surface area contributed by atoms with Crippen LogP contribution in [0.2, 0.25) is 0 Å². The second-order valence-electron chi connectivity index (χ2n) is 5.52. The van der Waals surface area contributed by atoms with Crippen molar-refractivity contribution in [2.45, 2.75) is 18.9 Å². The van der Waals surface area contributed by atoms with Crippen LogP contribution in [0.4, 0.5) is 0 Å². The van der Waals surface area contributed by atoms with Crippen LogP contribution >= 0.6 is 0 Å². The second-order valence-corrected chi connectivity index (χ2v) is 6.76. The molecule has 0 saturated carbocycles. The first-order valence-corrected chi connectivity index (χ1v) is 8.67. The number of hydrogen-bond donors (Lipinski definition) is 1. The van der Waals surface area contributed by atoms with E-state index < -0.39 is 11.9 Å². The summed E-state index contributed by atoms with van der Waals surface area (Å²) in [5, 5.41) is 9.57. The minimum atomic E-state index is -0.883. The molecule has 0 bridgehead atoms. The average Bonchev–Trinajstić information content (AvgIpc) is 3.03. The van der Waals surface area contributed by atoms with Gasteiger partial charge in [-0.3, -0.25) is 4.98 Å². The van der Waals surface area contributed by atoms with Gasteiger partial charge < -0.3 is 0 Å². The molecule has 6 nitrogen and oxygen atoms in total. The van der Waals surface area contributed by atoms with Gasteiger partial charge >= 0.3 is 131 Å². The Bertz CT molecular complexity index is 818. The number of carboxylic acid groups (broad SMARTS) is 1. The zero-order valence-electron chi connectivity index (χ0n) is 12.9. The third kappa shape index (κ3) is 4.09. The van der Waals surface area contributed by atoms with E-state index in [0.717, 1.165) is 15.6 Å². The standard InChI is InChI=1S/C17H17AsN4O2/c18-16-4-3-12(8-20-16)6-14(17(23)24)15-10-22(11-21-15)9-13-2-1-5-19-7-13/h1-5,7-8,10-11,14H,6,9,18H2,(H,23,24). The van der Waals surface area contributed by atoms with Crippen molar-refractivity contribution in [1.29, 1.82) is 0 Å². The van der Waals surface area contributed by atoms with E-state index in [1.54, 1.807) is 31.1 Å². The Hall–Kier alpha value is -2.46. The SMILES string of the molecule is O=C(O)C(Cc1ccc([AsH2])nc1)c1cn(Cc2cccnc2)cn1. The monoisotopic (exact) mass is 384 g/mol. The summed E-state index contributed by atoms with van der Waals surface area (Å²) in [5.74, 6) is -1.57. The molecule has 1 N–H and O–H groups in total. The Kier molecular flexibility index (Phi) is 5.06. The maximum atomic E-state index is 11.7. The van der Waals surface area contributed by atoms with Crippen molar-refractivity contribution < 1.29 is 9.90 Å². The van der Waals surface area contributed by atoms with Crippen LogP contribution in [0.3, 0.4) is 0 Å². The molecule has 0 aliphatic heterocycles. The summed E-state index contributed by atoms with van der Waals surface area (Å²) in [5.41, 5.74) is 2.49. The summed E-state index contributed by atoms with van der Waals surface area (Å²) in [6.07, 6.45) is 9.07. The second kappa shape index (κ2) is 7.41. The average molecular weight is 384 g/mol. The van der Waals surface area contributed by atoms with Crippen molar-refractivity contribution in [1.82, 2.24) is 19.5 Å². The zero-order valence-corrected chi connectivity index (χ0v) is 15.3. The number of hydrogen-bond acceptors (Lipinski definition) is 4. The number of imidazole rings is 1. The number of nitrogens with zero attached hydrogens (tertiary/aromatic N) is 4. The van der Waals surface area contributed by atoms with E-state index in [0.29, 0.717) is 18.7 Å². The molecule has 2 atom stereocenters. The number of rotatable bonds is 6. The van der Waals surface area contributed by atoms with Gasteiger partial charge in [-0.05, 0) is 6.07 Å². The van der Waals surface area contributed by atoms with Crippen LogP contribution in [0.15, 0.2) is 55.4 Å². The van der Waals surface area contributed by atoms with Gasteiger partial charge in [-0.1, -0.05) is 0 Å². The third-order valence-electron chi connectivity index (χ3n) is 3.68. The molecule has 3 aromatic rings. The van der Waals surface area contributed by atoms with Gasteiger partial charge in [0.25, 0.3) is 0 Å². The zero-order chi connectivity index (χ0) is 16.9. The number of carboxylic acids is 1. The van der Waals surface area contributed by atoms with Crippen molar-refractivity contribution in [3.63, 3.8) is 0 Å². The Labute approximate surface area is 148 Å². The number of pyridine rings is 2. The van der Waals surface area contributed by atoms with E-state index in [-0.39, 0.29) is 0 Å². The van der Waals surface area contributed by atoms with Crippen molar-refractivity contribution in [2.75, 3.05) is 0 Å². The van der Waals surface area contributed by atoms with Crippen LogP contribution < -0.4 is 4.48 Å². The summed E-state index contributed by atoms with van der Waals surface area (Å²) in [6.45, 7) is 0.612. The molecule has 0 fully saturated rings. The number of carbonyl (C=O) groups is 1. The summed E-state index contributed by atoms with van der Waals surface area (Å²) >= 11 is 1.44. The van der Waals surface area contributed by atoms with E-state index in [1.165, 1.54) is 16.9 Å². The van der Waals surface area contributed by atoms with Crippen molar-refractivity contribution >= 4 is 27.3 Å². The molecule has 0 saturated heterocycles. The third-order valence-corrected chi connectivity index (χ3v) is 4.40. The molecule has 0 radical (unpaired) electrons. The van der Waals surface area contributed by atoms with Gasteiger partial charge in [-0.2, -0.15) is 0 Å². The maximum absolute atomic E-state index is 11.7. The molecule has 24 heavy (non-hydrogen) atoms. The molecule has 122 valence electrons. The van der Waals surface area contributed by atoms with Crippen LogP contribution in [0, 0.1) is 0 Å². The number of aliphatic carboxylic acids is 1. The van der Waals surface area contributed by atoms with E-state index in [1.807, 2.05) is 28.8 Å². The first kappa shape index (κ1) is 16.4. The molecule has 3 rings (SSSR count). The summed E-state index contributed by atoms with van der Waals surface area (Å²) in [4.78, 5) is 24.3. The van der Waals surface area contributed by atoms with Crippen LogP contribution in [-0.2, 0) is 17.8 Å². The quantitative estimate of drug-likeness (QED) is 0.622. The van der Waals surface area contributed by atoms with Crippen LogP contribution in [0.5, 0.6) is 0 Å². The molecule has 7 heteroatoms. The van der Waals surface area contributed by atoms with Gasteiger partial charge in [0, 0.05) is 6.20 Å². The van der Waals surface area contributed by atoms with Crippen LogP contribution in [0.1, 0.15) is 22.7 Å². The molecule has 0 aliphatic carbocycles. The van der Waals surface area contributed by atoms with E-state index in [2.05, 4.69) is 15.0 Å². The predicted molar refractivity (Wildman–Crippen MR) is 92.1 cm³/mol. The fourth-order valence-electron chi connectivity index (χ4n) is 2.46. The van der Waals surface area contributed by atoms with Crippen molar-refractivity contribution in [2.24, 2.45) is 0 Å². The summed E-state index contributed by atoms with van der Waals surface area (Å²) in [6, 6.07) is 7.68. The molecular formula is C17H17AsN4O2. The molecule has 3 aromatic heterocycles. The van der Waals surface area contributed by atoms with Crippen LogP contribution in [-0.4, -0.2) is 47.4 Å². The van der Waals surface area contributed by atoms with E-state index >= 15 is 0 Å². The molecule has 0 amide bonds. The van der Waals surface area contributed by atoms with Gasteiger partial charge in [0.1, 0.15) is 0 Å². The summed E-state index contributed by atoms with van der Waals surface area (Å²) < 4.78 is 2.84. The fourth-order valence-corrected chi connectivity index (χ4v) is 2.82. The first-order valence-electron chi connectivity index (χ1n) is 7.45. The molecule has 0 aliphatic rings. The van der Waals surface area contributed by atoms with Crippen molar-refractivity contribution in [3.8, 4) is 0 Å². The fraction of sp³-hybridized carbons (Fsp3) is 0.176. The van der Waals surface area contributed by atoms with Gasteiger partial charge in [-0.15, -0.1) is 0 Å². The van der Waals surface area contributed by atoms with E-state index in [9.17, 15) is 9.90 Å². The van der Waals surface area contributed by atoms with Gasteiger partial charge in [0.15, 0.2) is 0 Å². The molecule has 2 unspecified atom stereocenters. The van der Waals surface area contributed by atoms with Crippen LogP contribution in [0.25, 0.3) is 0 Å². The van der Waals surface area contributed by atoms with Gasteiger partial charge in [-0.25, -0.2) is 0 Å². The Balaban J connectivity index is 1.77. The Morgan fingerprint density at radius 1 is 1.21 bits per heavy atom. The molecule has 0 spiro atoms. The topological polar surface area (TPSA) is 80.9 Å². The normalized spacial score (nSPS) is 12.0. The summed E-state index contributed by atoms with van der Waals surface area (Å²) in [7, 11) is 0. The van der Waals surface area contributed by atoms with Gasteiger partial charge in [0.2, 0.25) is 0 Å². The predicted octanol–water partition coefficient (Wildman–Crippen LogP) is 0.391. The number of aromatic nitrogens is 4. The first-order chi connectivity index (χ1) is 11.6. The molecule has 3 heterocycles. The minimum absolute atomic E-state index is 0.375. The van der Waals surface area contributed by atoms with Gasteiger partial charge in [0.05, 0.1) is 0 Å². The molecule has 0 aromatic carbocycles. The Morgan fingerprint density at radius 3 is 2.75 bits per heavy atom. The van der Waals surface area contributed by atoms with Crippen molar-refractivity contribution in [3.05, 3.63) is 72.2 Å². The Morgan fingerprint density at radius 2 is 2.08 bits per heavy atom. The molecular weight excluding hydrogens is 367 g/mol. The van der Waals surface area contributed by atoms with E-state index in [4.69, 9.17) is 0 Å².